The molecule has 0 amide bonds. The Morgan fingerprint density at radius 1 is 1.16 bits per heavy atom. The molecule has 1 aliphatic heterocycles. The summed E-state index contributed by atoms with van der Waals surface area (Å²) in [4.78, 5) is 0. The lowest BCUT2D eigenvalue weighted by Gasteiger charge is -2.29. The lowest BCUT2D eigenvalue weighted by Crippen LogP contribution is -2.41. The summed E-state index contributed by atoms with van der Waals surface area (Å²) in [5.41, 5.74) is 6.93. The second kappa shape index (κ2) is 10.7. The van der Waals surface area contributed by atoms with E-state index in [0.29, 0.717) is 5.70 Å². The third kappa shape index (κ3) is 7.66. The third-order valence-corrected chi connectivity index (χ3v) is 6.40. The average Bonchev–Trinajstić information content (AvgIpc) is 2.65. The fraction of sp³-hybridized carbons (Fsp3) is 0.556. The number of hydrogen-bond acceptors (Lipinski definition) is 1. The van der Waals surface area contributed by atoms with Crippen molar-refractivity contribution in [2.45, 2.75) is 90.8 Å². The quantitative estimate of drug-likeness (QED) is 0.270. The molecule has 0 aliphatic carbocycles. The van der Waals surface area contributed by atoms with Gasteiger partial charge in [-0.25, -0.2) is 8.78 Å². The van der Waals surface area contributed by atoms with Crippen molar-refractivity contribution in [2.24, 2.45) is 5.41 Å². The Morgan fingerprint density at radius 3 is 2.52 bits per heavy atom. The van der Waals surface area contributed by atoms with Gasteiger partial charge in [-0.3, -0.25) is 0 Å². The largest absolute Gasteiger partial charge is 0.394 e. The number of benzene rings is 1. The van der Waals surface area contributed by atoms with Crippen LogP contribution in [-0.4, -0.2) is 19.1 Å². The highest BCUT2D eigenvalue weighted by atomic mass is 19.3. The maximum absolute atomic E-state index is 13.2. The number of halogens is 2. The highest BCUT2D eigenvalue weighted by Gasteiger charge is 2.26. The second-order valence-corrected chi connectivity index (χ2v) is 9.88. The summed E-state index contributed by atoms with van der Waals surface area (Å²) in [7, 11) is 2.17. The minimum absolute atomic E-state index is 0.0370. The van der Waals surface area contributed by atoms with Gasteiger partial charge in [0.25, 0.3) is 5.92 Å². The van der Waals surface area contributed by atoms with Gasteiger partial charge in [0.1, 0.15) is 7.28 Å². The van der Waals surface area contributed by atoms with Gasteiger partial charge >= 0.3 is 0 Å². The Bertz CT molecular complexity index is 804. The normalized spacial score (nSPS) is 16.3. The molecular weight excluding hydrogens is 387 g/mol. The second-order valence-electron chi connectivity index (χ2n) is 9.88. The molecule has 31 heavy (non-hydrogen) atoms. The molecule has 2 rings (SSSR count). The van der Waals surface area contributed by atoms with Crippen LogP contribution in [0.25, 0.3) is 5.57 Å². The molecule has 0 spiro atoms. The monoisotopic (exact) mass is 426 g/mol. The Morgan fingerprint density at radius 2 is 1.87 bits per heavy atom. The molecular formula is C27H39BF2N. The van der Waals surface area contributed by atoms with Crippen molar-refractivity contribution in [3.05, 3.63) is 65.9 Å². The van der Waals surface area contributed by atoms with E-state index in [1.807, 2.05) is 0 Å². The van der Waals surface area contributed by atoms with Crippen LogP contribution in [-0.2, 0) is 12.7 Å². The van der Waals surface area contributed by atoms with Crippen LogP contribution in [0.1, 0.15) is 82.9 Å². The van der Waals surface area contributed by atoms with Crippen LogP contribution in [0.4, 0.5) is 8.78 Å². The summed E-state index contributed by atoms with van der Waals surface area (Å²) >= 11 is 0. The highest BCUT2D eigenvalue weighted by Crippen LogP contribution is 2.35. The van der Waals surface area contributed by atoms with E-state index in [1.165, 1.54) is 40.7 Å². The zero-order valence-corrected chi connectivity index (χ0v) is 19.9. The van der Waals surface area contributed by atoms with Crippen molar-refractivity contribution in [3.63, 3.8) is 0 Å². The fourth-order valence-electron chi connectivity index (χ4n) is 4.57. The number of fused-ring (bicyclic) bond motifs is 1. The Hall–Kier alpha value is -1.84. The van der Waals surface area contributed by atoms with E-state index in [-0.39, 0.29) is 17.8 Å². The van der Waals surface area contributed by atoms with Gasteiger partial charge in [0, 0.05) is 5.70 Å². The van der Waals surface area contributed by atoms with Gasteiger partial charge in [0.05, 0.1) is 6.42 Å². The third-order valence-electron chi connectivity index (χ3n) is 6.40. The van der Waals surface area contributed by atoms with Crippen molar-refractivity contribution in [1.29, 1.82) is 0 Å². The van der Waals surface area contributed by atoms with Crippen LogP contribution >= 0.6 is 0 Å². The molecule has 1 aromatic carbocycles. The van der Waals surface area contributed by atoms with Crippen LogP contribution in [0.5, 0.6) is 0 Å². The number of allylic oxidation sites excluding steroid dienone is 3. The van der Waals surface area contributed by atoms with Crippen LogP contribution in [0.2, 0.25) is 0 Å². The Kier molecular flexibility index (Phi) is 8.74. The zero-order valence-electron chi connectivity index (χ0n) is 19.9. The van der Waals surface area contributed by atoms with Gasteiger partial charge in [0.2, 0.25) is 0 Å². The predicted molar refractivity (Wildman–Crippen MR) is 132 cm³/mol. The van der Waals surface area contributed by atoms with Gasteiger partial charge in [0.15, 0.2) is 0 Å². The molecule has 1 nitrogen and oxygen atoms in total. The minimum Gasteiger partial charge on any atom is -0.394 e. The van der Waals surface area contributed by atoms with E-state index in [2.05, 4.69) is 71.3 Å². The van der Waals surface area contributed by atoms with Crippen LogP contribution in [0.15, 0.2) is 49.2 Å². The Balaban J connectivity index is 1.95. The summed E-state index contributed by atoms with van der Waals surface area (Å²) < 4.78 is 26.5. The average molecular weight is 426 g/mol. The molecule has 1 atom stereocenters. The maximum atomic E-state index is 13.2. The standard InChI is InChI=1S/C27H39BF2N/c1-8-15-26(5,6)20(3)12-9-11-19(2)23-14-10-13-22-16-25(28-18-24(22)23)31-21(4)17-27(7,29)30/h10,13-14,25,31H,2-4,8-9,11-12,15-18H2,1,5-7H3. The van der Waals surface area contributed by atoms with Gasteiger partial charge < -0.3 is 5.32 Å². The van der Waals surface area contributed by atoms with Crippen LogP contribution in [0.3, 0.4) is 0 Å². The first-order valence-corrected chi connectivity index (χ1v) is 11.6. The summed E-state index contributed by atoms with van der Waals surface area (Å²) in [6.07, 6.45) is 6.67. The molecule has 1 N–H and O–H groups in total. The molecule has 0 saturated heterocycles. The van der Waals surface area contributed by atoms with Crippen molar-refractivity contribution in [3.8, 4) is 0 Å². The minimum atomic E-state index is -2.74. The molecule has 0 saturated carbocycles. The van der Waals surface area contributed by atoms with Gasteiger partial charge in [-0.05, 0) is 72.6 Å². The van der Waals surface area contributed by atoms with Crippen molar-refractivity contribution in [2.75, 3.05) is 0 Å². The maximum Gasteiger partial charge on any atom is 0.250 e. The molecule has 0 aromatic heterocycles. The first kappa shape index (κ1) is 25.4. The Labute approximate surface area is 189 Å². The van der Waals surface area contributed by atoms with Gasteiger partial charge in [-0.2, -0.15) is 0 Å². The van der Waals surface area contributed by atoms with E-state index in [4.69, 9.17) is 0 Å². The number of nitrogens with one attached hydrogen (secondary N) is 1. The molecule has 4 heteroatoms. The summed E-state index contributed by atoms with van der Waals surface area (Å²) in [5.74, 6) is -2.70. The topological polar surface area (TPSA) is 12.0 Å². The number of rotatable bonds is 12. The van der Waals surface area contributed by atoms with Crippen molar-refractivity contribution in [1.82, 2.24) is 5.32 Å². The van der Waals surface area contributed by atoms with Gasteiger partial charge in [-0.1, -0.05) is 77.0 Å². The summed E-state index contributed by atoms with van der Waals surface area (Å²) in [6, 6.07) is 6.38. The van der Waals surface area contributed by atoms with Gasteiger partial charge in [-0.15, -0.1) is 0 Å². The number of hydrogen-bond donors (Lipinski definition) is 1. The van der Waals surface area contributed by atoms with E-state index in [9.17, 15) is 8.78 Å². The van der Waals surface area contributed by atoms with E-state index in [1.54, 1.807) is 0 Å². The smallest absolute Gasteiger partial charge is 0.250 e. The van der Waals surface area contributed by atoms with Crippen LogP contribution < -0.4 is 5.32 Å². The predicted octanol–water partition coefficient (Wildman–Crippen LogP) is 7.49. The summed E-state index contributed by atoms with van der Waals surface area (Å²) in [6.45, 7) is 20.2. The SMILES string of the molecule is C=C(CC(C)(F)F)NC1[B]Cc2c(cccc2C(=C)CCCC(=C)C(C)(C)CCC)C1. The highest BCUT2D eigenvalue weighted by molar-refractivity contribution is 6.38. The summed E-state index contributed by atoms with van der Waals surface area (Å²) in [5, 5.41) is 3.17. The molecule has 1 aliphatic rings. The first-order chi connectivity index (χ1) is 14.4. The number of alkyl halides is 2. The molecule has 0 bridgehead atoms. The molecule has 169 valence electrons. The first-order valence-electron chi connectivity index (χ1n) is 11.6. The molecule has 1 radical (unpaired) electrons. The van der Waals surface area contributed by atoms with E-state index >= 15 is 0 Å². The molecule has 1 heterocycles. The van der Waals surface area contributed by atoms with Crippen LogP contribution in [0, 0.1) is 5.41 Å². The van der Waals surface area contributed by atoms with Crippen molar-refractivity contribution < 1.29 is 8.78 Å². The zero-order chi connectivity index (χ0) is 23.2. The van der Waals surface area contributed by atoms with E-state index < -0.39 is 5.92 Å². The fourth-order valence-corrected chi connectivity index (χ4v) is 4.57. The van der Waals surface area contributed by atoms with E-state index in [0.717, 1.165) is 38.9 Å². The lowest BCUT2D eigenvalue weighted by molar-refractivity contribution is 0.0211. The lowest BCUT2D eigenvalue weighted by atomic mass is 9.57. The molecule has 1 aromatic rings. The molecule has 0 fully saturated rings. The molecule has 1 unspecified atom stereocenters. The van der Waals surface area contributed by atoms with Crippen molar-refractivity contribution >= 4 is 12.9 Å².